The van der Waals surface area contributed by atoms with E-state index >= 15 is 0 Å². The van der Waals surface area contributed by atoms with E-state index in [0.29, 0.717) is 0 Å². The molecule has 0 aliphatic heterocycles. The molecule has 2 aromatic rings. The van der Waals surface area contributed by atoms with Gasteiger partial charge in [0.15, 0.2) is 6.54 Å². The normalized spacial score (nSPS) is 10.8. The summed E-state index contributed by atoms with van der Waals surface area (Å²) in [6.07, 6.45) is 1.33. The lowest BCUT2D eigenvalue weighted by Gasteiger charge is -1.94. The van der Waals surface area contributed by atoms with Gasteiger partial charge < -0.3 is 5.11 Å². The molecule has 2 aromatic heterocycles. The van der Waals surface area contributed by atoms with Gasteiger partial charge in [-0.25, -0.2) is 19.1 Å². The lowest BCUT2D eigenvalue weighted by atomic mass is 10.5. The average molecular weight is 225 g/mol. The standard InChI is InChI=1S/C8H8N4O4/c1-11-7(15)5-6(10-8(11)16)9-3-12(5)2-4(13)14/h3H,2H2,1H3,(H2,10,13,14,15,16)/p+1. The summed E-state index contributed by atoms with van der Waals surface area (Å²) in [5, 5.41) is 8.64. The molecule has 0 radical (unpaired) electrons. The van der Waals surface area contributed by atoms with Crippen LogP contribution in [0.25, 0.3) is 11.2 Å². The number of carboxylic acids is 1. The van der Waals surface area contributed by atoms with E-state index in [1.54, 1.807) is 0 Å². The number of aromatic amines is 2. The monoisotopic (exact) mass is 225 g/mol. The minimum atomic E-state index is -1.07. The van der Waals surface area contributed by atoms with Crippen molar-refractivity contribution in [1.82, 2.24) is 14.5 Å². The first-order valence-electron chi connectivity index (χ1n) is 4.42. The molecule has 0 aliphatic rings. The van der Waals surface area contributed by atoms with Gasteiger partial charge in [-0.2, -0.15) is 0 Å². The molecule has 0 atom stereocenters. The first-order valence-corrected chi connectivity index (χ1v) is 4.42. The van der Waals surface area contributed by atoms with Gasteiger partial charge >= 0.3 is 17.2 Å². The third kappa shape index (κ3) is 1.40. The highest BCUT2D eigenvalue weighted by Crippen LogP contribution is 1.93. The van der Waals surface area contributed by atoms with Crippen molar-refractivity contribution in [3.63, 3.8) is 0 Å². The highest BCUT2D eigenvalue weighted by Gasteiger charge is 2.18. The molecule has 0 aliphatic carbocycles. The number of fused-ring (bicyclic) bond motifs is 1. The lowest BCUT2D eigenvalue weighted by molar-refractivity contribution is -0.660. The molecule has 0 unspecified atom stereocenters. The molecule has 0 spiro atoms. The molecule has 84 valence electrons. The summed E-state index contributed by atoms with van der Waals surface area (Å²) < 4.78 is 2.12. The maximum Gasteiger partial charge on any atom is 0.346 e. The molecular formula is C8H9N4O4+. The van der Waals surface area contributed by atoms with Crippen molar-refractivity contribution in [1.29, 1.82) is 0 Å². The van der Waals surface area contributed by atoms with E-state index in [1.165, 1.54) is 17.9 Å². The molecule has 2 rings (SSSR count). The summed E-state index contributed by atoms with van der Waals surface area (Å²) >= 11 is 0. The number of H-pyrrole nitrogens is 2. The van der Waals surface area contributed by atoms with E-state index < -0.39 is 17.2 Å². The topological polar surface area (TPSA) is 112 Å². The molecule has 0 fully saturated rings. The fourth-order valence-corrected chi connectivity index (χ4v) is 1.46. The molecule has 8 heteroatoms. The van der Waals surface area contributed by atoms with E-state index in [-0.39, 0.29) is 17.7 Å². The van der Waals surface area contributed by atoms with Gasteiger partial charge in [0.1, 0.15) is 0 Å². The first kappa shape index (κ1) is 10.1. The molecule has 2 heterocycles. The Morgan fingerprint density at radius 3 is 2.88 bits per heavy atom. The Labute approximate surface area is 87.8 Å². The van der Waals surface area contributed by atoms with Crippen molar-refractivity contribution in [2.24, 2.45) is 7.05 Å². The molecule has 0 saturated carbocycles. The van der Waals surface area contributed by atoms with Gasteiger partial charge in [-0.05, 0) is 0 Å². The van der Waals surface area contributed by atoms with Gasteiger partial charge in [-0.3, -0.25) is 14.3 Å². The second-order valence-corrected chi connectivity index (χ2v) is 3.31. The molecule has 16 heavy (non-hydrogen) atoms. The minimum absolute atomic E-state index is 0.129. The summed E-state index contributed by atoms with van der Waals surface area (Å²) in [5.74, 6) is -1.07. The van der Waals surface area contributed by atoms with E-state index in [1.807, 2.05) is 0 Å². The number of aliphatic carboxylic acids is 1. The van der Waals surface area contributed by atoms with Crippen molar-refractivity contribution >= 4 is 17.1 Å². The summed E-state index contributed by atoms with van der Waals surface area (Å²) in [7, 11) is 1.32. The smallest absolute Gasteiger partial charge is 0.346 e. The number of rotatable bonds is 2. The van der Waals surface area contributed by atoms with Crippen molar-refractivity contribution in [3.8, 4) is 0 Å². The van der Waals surface area contributed by atoms with Crippen LogP contribution in [0.15, 0.2) is 15.9 Å². The first-order chi connectivity index (χ1) is 7.50. The number of nitrogens with one attached hydrogen (secondary N) is 2. The molecule has 0 aromatic carbocycles. The van der Waals surface area contributed by atoms with Crippen LogP contribution in [0.1, 0.15) is 0 Å². The quantitative estimate of drug-likeness (QED) is 0.509. The van der Waals surface area contributed by atoms with Crippen LogP contribution in [-0.4, -0.2) is 25.6 Å². The Kier molecular flexibility index (Phi) is 2.11. The van der Waals surface area contributed by atoms with Crippen molar-refractivity contribution in [3.05, 3.63) is 27.2 Å². The Hall–Kier alpha value is -2.38. The fraction of sp³-hybridized carbons (Fsp3) is 0.250. The lowest BCUT2D eigenvalue weighted by Crippen LogP contribution is -2.43. The number of aromatic nitrogens is 4. The summed E-state index contributed by atoms with van der Waals surface area (Å²) in [6, 6.07) is 0. The van der Waals surface area contributed by atoms with E-state index in [4.69, 9.17) is 5.11 Å². The number of hydrogen-bond acceptors (Lipinski definition) is 3. The average Bonchev–Trinajstić information content (AvgIpc) is 2.57. The van der Waals surface area contributed by atoms with Crippen LogP contribution in [0, 0.1) is 0 Å². The highest BCUT2D eigenvalue weighted by molar-refractivity contribution is 5.67. The zero-order valence-corrected chi connectivity index (χ0v) is 8.35. The van der Waals surface area contributed by atoms with Gasteiger partial charge in [0.25, 0.3) is 11.2 Å². The maximum atomic E-state index is 11.7. The van der Waals surface area contributed by atoms with Crippen LogP contribution in [0.4, 0.5) is 0 Å². The van der Waals surface area contributed by atoms with Crippen molar-refractivity contribution < 1.29 is 14.5 Å². The summed E-state index contributed by atoms with van der Waals surface area (Å²) in [4.78, 5) is 38.6. The van der Waals surface area contributed by atoms with Gasteiger partial charge in [0.05, 0.1) is 0 Å². The van der Waals surface area contributed by atoms with Crippen LogP contribution in [-0.2, 0) is 18.4 Å². The Balaban J connectivity index is 2.81. The largest absolute Gasteiger partial charge is 0.478 e. The Morgan fingerprint density at radius 1 is 1.56 bits per heavy atom. The van der Waals surface area contributed by atoms with Crippen molar-refractivity contribution in [2.45, 2.75) is 6.54 Å². The Bertz CT molecular complexity index is 677. The number of carbonyl (C=O) groups is 1. The number of imidazole rings is 1. The van der Waals surface area contributed by atoms with Crippen LogP contribution in [0.2, 0.25) is 0 Å². The predicted octanol–water partition coefficient (Wildman–Crippen LogP) is -2.07. The van der Waals surface area contributed by atoms with Gasteiger partial charge in [-0.15, -0.1) is 0 Å². The zero-order valence-electron chi connectivity index (χ0n) is 8.35. The Morgan fingerprint density at radius 2 is 2.25 bits per heavy atom. The number of hydrogen-bond donors (Lipinski definition) is 3. The van der Waals surface area contributed by atoms with Crippen LogP contribution < -0.4 is 15.8 Å². The summed E-state index contributed by atoms with van der Waals surface area (Å²) in [6.45, 7) is -0.346. The van der Waals surface area contributed by atoms with Crippen LogP contribution in [0.5, 0.6) is 0 Å². The van der Waals surface area contributed by atoms with Gasteiger partial charge in [0.2, 0.25) is 6.33 Å². The number of nitrogens with zero attached hydrogens (tertiary/aromatic N) is 2. The minimum Gasteiger partial charge on any atom is -0.478 e. The summed E-state index contributed by atoms with van der Waals surface area (Å²) in [5.41, 5.74) is -0.748. The SMILES string of the molecule is Cn1c(=O)[nH]c2[nH]c[n+](CC(=O)O)c2c1=O. The van der Waals surface area contributed by atoms with Crippen LogP contribution >= 0.6 is 0 Å². The third-order valence-corrected chi connectivity index (χ3v) is 2.24. The second-order valence-electron chi connectivity index (χ2n) is 3.31. The maximum absolute atomic E-state index is 11.7. The molecular weight excluding hydrogens is 216 g/mol. The third-order valence-electron chi connectivity index (χ3n) is 2.24. The molecule has 3 N–H and O–H groups in total. The highest BCUT2D eigenvalue weighted by atomic mass is 16.4. The second kappa shape index (κ2) is 3.33. The number of carboxylic acid groups (broad SMARTS) is 1. The predicted molar refractivity (Wildman–Crippen MR) is 52.0 cm³/mol. The van der Waals surface area contributed by atoms with E-state index in [9.17, 15) is 14.4 Å². The van der Waals surface area contributed by atoms with Gasteiger partial charge in [-0.1, -0.05) is 0 Å². The van der Waals surface area contributed by atoms with E-state index in [2.05, 4.69) is 9.97 Å². The molecule has 0 amide bonds. The molecule has 8 nitrogen and oxygen atoms in total. The van der Waals surface area contributed by atoms with Crippen LogP contribution in [0.3, 0.4) is 0 Å². The van der Waals surface area contributed by atoms with E-state index in [0.717, 1.165) is 4.57 Å². The fourth-order valence-electron chi connectivity index (χ4n) is 1.46. The zero-order chi connectivity index (χ0) is 11.9. The van der Waals surface area contributed by atoms with Crippen molar-refractivity contribution in [2.75, 3.05) is 0 Å². The van der Waals surface area contributed by atoms with Gasteiger partial charge in [0, 0.05) is 7.05 Å². The molecule has 0 saturated heterocycles. The molecule has 0 bridgehead atoms.